The molecule has 0 aliphatic rings. The third-order valence-corrected chi connectivity index (χ3v) is 2.84. The van der Waals surface area contributed by atoms with E-state index in [0.717, 1.165) is 0 Å². The van der Waals surface area contributed by atoms with E-state index in [1.54, 1.807) is 24.3 Å². The van der Waals surface area contributed by atoms with Crippen LogP contribution in [-0.4, -0.2) is 29.6 Å². The Morgan fingerprint density at radius 2 is 2.00 bits per heavy atom. The summed E-state index contributed by atoms with van der Waals surface area (Å²) in [6.45, 7) is 5.43. The number of aliphatic hydroxyl groups excluding tert-OH is 1. The van der Waals surface area contributed by atoms with Crippen LogP contribution in [0.15, 0.2) is 24.3 Å². The SMILES string of the molecule is CC(=O)c1cccc(NC(=O)NC(CO)CC(C)C)c1. The maximum Gasteiger partial charge on any atom is 0.319 e. The summed E-state index contributed by atoms with van der Waals surface area (Å²) in [4.78, 5) is 23.1. The standard InChI is InChI=1S/C15H22N2O3/c1-10(2)7-14(9-18)17-15(20)16-13-6-4-5-12(8-13)11(3)19/h4-6,8,10,14,18H,7,9H2,1-3H3,(H2,16,17,20). The summed E-state index contributed by atoms with van der Waals surface area (Å²) in [6.07, 6.45) is 0.706. The first-order chi connectivity index (χ1) is 9.42. The van der Waals surface area contributed by atoms with Crippen LogP contribution in [0.25, 0.3) is 0 Å². The van der Waals surface area contributed by atoms with Crippen LogP contribution in [0.2, 0.25) is 0 Å². The van der Waals surface area contributed by atoms with E-state index in [9.17, 15) is 14.7 Å². The first kappa shape index (κ1) is 16.2. The molecule has 0 saturated carbocycles. The van der Waals surface area contributed by atoms with E-state index in [2.05, 4.69) is 10.6 Å². The van der Waals surface area contributed by atoms with Gasteiger partial charge < -0.3 is 15.7 Å². The molecule has 0 aliphatic heterocycles. The van der Waals surface area contributed by atoms with Crippen molar-refractivity contribution in [1.82, 2.24) is 5.32 Å². The number of hydrogen-bond acceptors (Lipinski definition) is 3. The van der Waals surface area contributed by atoms with E-state index in [0.29, 0.717) is 23.6 Å². The molecule has 20 heavy (non-hydrogen) atoms. The van der Waals surface area contributed by atoms with Crippen LogP contribution in [0.1, 0.15) is 37.6 Å². The molecule has 0 spiro atoms. The Kier molecular flexibility index (Phi) is 6.18. The number of Topliss-reactive ketones (excluding diaryl/α,β-unsaturated/α-hetero) is 1. The normalized spacial score (nSPS) is 12.1. The molecule has 0 heterocycles. The number of hydrogen-bond donors (Lipinski definition) is 3. The fraction of sp³-hybridized carbons (Fsp3) is 0.467. The lowest BCUT2D eigenvalue weighted by Crippen LogP contribution is -2.40. The first-order valence-electron chi connectivity index (χ1n) is 6.71. The zero-order chi connectivity index (χ0) is 15.1. The Morgan fingerprint density at radius 1 is 1.30 bits per heavy atom. The Morgan fingerprint density at radius 3 is 2.55 bits per heavy atom. The number of ketones is 1. The maximum absolute atomic E-state index is 11.8. The van der Waals surface area contributed by atoms with Crippen LogP contribution >= 0.6 is 0 Å². The number of urea groups is 1. The molecule has 5 heteroatoms. The monoisotopic (exact) mass is 278 g/mol. The Bertz CT molecular complexity index is 472. The van der Waals surface area contributed by atoms with Gasteiger partial charge in [0.25, 0.3) is 0 Å². The van der Waals surface area contributed by atoms with Crippen molar-refractivity contribution in [2.24, 2.45) is 5.92 Å². The Balaban J connectivity index is 2.61. The fourth-order valence-electron chi connectivity index (χ4n) is 1.92. The lowest BCUT2D eigenvalue weighted by Gasteiger charge is -2.18. The minimum Gasteiger partial charge on any atom is -0.394 e. The van der Waals surface area contributed by atoms with E-state index in [4.69, 9.17) is 0 Å². The van der Waals surface area contributed by atoms with Gasteiger partial charge in [-0.05, 0) is 31.4 Å². The number of nitrogens with one attached hydrogen (secondary N) is 2. The molecular weight excluding hydrogens is 256 g/mol. The zero-order valence-corrected chi connectivity index (χ0v) is 12.1. The molecule has 1 rings (SSSR count). The van der Waals surface area contributed by atoms with Crippen LogP contribution in [0.5, 0.6) is 0 Å². The number of carbonyl (C=O) groups is 2. The van der Waals surface area contributed by atoms with Crippen molar-refractivity contribution >= 4 is 17.5 Å². The number of anilines is 1. The second-order valence-corrected chi connectivity index (χ2v) is 5.24. The summed E-state index contributed by atoms with van der Waals surface area (Å²) in [5.74, 6) is 0.329. The van der Waals surface area contributed by atoms with Gasteiger partial charge in [0.05, 0.1) is 12.6 Å². The zero-order valence-electron chi connectivity index (χ0n) is 12.1. The van der Waals surface area contributed by atoms with Gasteiger partial charge in [0.2, 0.25) is 0 Å². The molecule has 1 aromatic carbocycles. The number of carbonyl (C=O) groups excluding carboxylic acids is 2. The third kappa shape index (κ3) is 5.40. The number of amides is 2. The quantitative estimate of drug-likeness (QED) is 0.699. The van der Waals surface area contributed by atoms with Crippen molar-refractivity contribution in [1.29, 1.82) is 0 Å². The predicted molar refractivity (Wildman–Crippen MR) is 78.9 cm³/mol. The molecule has 1 atom stereocenters. The van der Waals surface area contributed by atoms with Gasteiger partial charge in [-0.1, -0.05) is 26.0 Å². The Hall–Kier alpha value is -1.88. The van der Waals surface area contributed by atoms with Crippen molar-refractivity contribution in [3.05, 3.63) is 29.8 Å². The molecule has 0 radical (unpaired) electrons. The highest BCUT2D eigenvalue weighted by Crippen LogP contribution is 2.11. The summed E-state index contributed by atoms with van der Waals surface area (Å²) in [6, 6.07) is 6.09. The fourth-order valence-corrected chi connectivity index (χ4v) is 1.92. The van der Waals surface area contributed by atoms with Gasteiger partial charge in [0.1, 0.15) is 0 Å². The maximum atomic E-state index is 11.8. The van der Waals surface area contributed by atoms with Gasteiger partial charge >= 0.3 is 6.03 Å². The lowest BCUT2D eigenvalue weighted by atomic mass is 10.0. The van der Waals surface area contributed by atoms with Gasteiger partial charge in [-0.3, -0.25) is 4.79 Å². The molecule has 0 aromatic heterocycles. The summed E-state index contributed by atoms with van der Waals surface area (Å²) in [5, 5.41) is 14.6. The van der Waals surface area contributed by atoms with Crippen LogP contribution in [0.4, 0.5) is 10.5 Å². The molecule has 0 saturated heterocycles. The molecule has 110 valence electrons. The van der Waals surface area contributed by atoms with E-state index in [-0.39, 0.29) is 24.5 Å². The van der Waals surface area contributed by atoms with Crippen molar-refractivity contribution in [2.45, 2.75) is 33.2 Å². The van der Waals surface area contributed by atoms with E-state index >= 15 is 0 Å². The average Bonchev–Trinajstić information content (AvgIpc) is 2.37. The molecule has 0 aliphatic carbocycles. The average molecular weight is 278 g/mol. The molecular formula is C15H22N2O3. The predicted octanol–water partition coefficient (Wildman–Crippen LogP) is 2.42. The van der Waals surface area contributed by atoms with Gasteiger partial charge in [0, 0.05) is 11.3 Å². The summed E-state index contributed by atoms with van der Waals surface area (Å²) in [5.41, 5.74) is 1.10. The van der Waals surface area contributed by atoms with Crippen molar-refractivity contribution in [2.75, 3.05) is 11.9 Å². The van der Waals surface area contributed by atoms with Crippen molar-refractivity contribution in [3.8, 4) is 0 Å². The minimum atomic E-state index is -0.384. The number of rotatable bonds is 6. The molecule has 0 fully saturated rings. The highest BCUT2D eigenvalue weighted by Gasteiger charge is 2.13. The molecule has 1 unspecified atom stereocenters. The minimum absolute atomic E-state index is 0.0536. The van der Waals surface area contributed by atoms with Gasteiger partial charge in [-0.25, -0.2) is 4.79 Å². The van der Waals surface area contributed by atoms with E-state index in [1.165, 1.54) is 6.92 Å². The first-order valence-corrected chi connectivity index (χ1v) is 6.71. The van der Waals surface area contributed by atoms with Crippen molar-refractivity contribution in [3.63, 3.8) is 0 Å². The van der Waals surface area contributed by atoms with Crippen LogP contribution in [-0.2, 0) is 0 Å². The molecule has 1 aromatic rings. The summed E-state index contributed by atoms with van der Waals surface area (Å²) < 4.78 is 0. The van der Waals surface area contributed by atoms with Crippen LogP contribution < -0.4 is 10.6 Å². The van der Waals surface area contributed by atoms with Crippen LogP contribution in [0.3, 0.4) is 0 Å². The largest absolute Gasteiger partial charge is 0.394 e. The molecule has 5 nitrogen and oxygen atoms in total. The smallest absolute Gasteiger partial charge is 0.319 e. The summed E-state index contributed by atoms with van der Waals surface area (Å²) in [7, 11) is 0. The second-order valence-electron chi connectivity index (χ2n) is 5.24. The topological polar surface area (TPSA) is 78.4 Å². The van der Waals surface area contributed by atoms with Gasteiger partial charge in [-0.2, -0.15) is 0 Å². The summed E-state index contributed by atoms with van der Waals surface area (Å²) >= 11 is 0. The molecule has 2 amide bonds. The lowest BCUT2D eigenvalue weighted by molar-refractivity contribution is 0.101. The highest BCUT2D eigenvalue weighted by atomic mass is 16.3. The van der Waals surface area contributed by atoms with Crippen LogP contribution in [0, 0.1) is 5.92 Å². The van der Waals surface area contributed by atoms with Crippen molar-refractivity contribution < 1.29 is 14.7 Å². The third-order valence-electron chi connectivity index (χ3n) is 2.84. The molecule has 0 bridgehead atoms. The second kappa shape index (κ2) is 7.65. The Labute approximate surface area is 119 Å². The number of aliphatic hydroxyl groups is 1. The number of benzene rings is 1. The van der Waals surface area contributed by atoms with E-state index < -0.39 is 0 Å². The van der Waals surface area contributed by atoms with Gasteiger partial charge in [0.15, 0.2) is 5.78 Å². The molecule has 3 N–H and O–H groups in total. The highest BCUT2D eigenvalue weighted by molar-refractivity contribution is 5.96. The van der Waals surface area contributed by atoms with E-state index in [1.807, 2.05) is 13.8 Å². The van der Waals surface area contributed by atoms with Gasteiger partial charge in [-0.15, -0.1) is 0 Å².